The number of hydrogen-bond acceptors (Lipinski definition) is 5. The summed E-state index contributed by atoms with van der Waals surface area (Å²) in [5.74, 6) is -0.450. The monoisotopic (exact) mass is 268 g/mol. The Hall–Kier alpha value is -1.59. The van der Waals surface area contributed by atoms with E-state index in [0.717, 1.165) is 16.9 Å². The SMILES string of the molecule is COC(=O)c1sc(N)nc1-c1cccc(Cl)c1. The minimum Gasteiger partial charge on any atom is -0.465 e. The molecule has 2 aromatic rings. The molecule has 1 aromatic carbocycles. The molecule has 0 aliphatic carbocycles. The van der Waals surface area contributed by atoms with Crippen molar-refractivity contribution < 1.29 is 9.53 Å². The van der Waals surface area contributed by atoms with E-state index in [2.05, 4.69) is 9.72 Å². The zero-order valence-electron chi connectivity index (χ0n) is 8.94. The molecule has 0 atom stereocenters. The predicted octanol–water partition coefficient (Wildman–Crippen LogP) is 2.83. The van der Waals surface area contributed by atoms with Crippen molar-refractivity contribution in [1.82, 2.24) is 4.98 Å². The standard InChI is InChI=1S/C11H9ClN2O2S/c1-16-10(15)9-8(14-11(13)17-9)6-3-2-4-7(12)5-6/h2-5H,1H3,(H2,13,14). The van der Waals surface area contributed by atoms with Gasteiger partial charge in [0.2, 0.25) is 0 Å². The van der Waals surface area contributed by atoms with Gasteiger partial charge in [0.1, 0.15) is 4.88 Å². The fourth-order valence-electron chi connectivity index (χ4n) is 1.40. The lowest BCUT2D eigenvalue weighted by Gasteiger charge is -2.01. The van der Waals surface area contributed by atoms with Crippen molar-refractivity contribution in [3.05, 3.63) is 34.2 Å². The first-order chi connectivity index (χ1) is 8.11. The molecular weight excluding hydrogens is 260 g/mol. The third-order valence-corrected chi connectivity index (χ3v) is 3.21. The fourth-order valence-corrected chi connectivity index (χ4v) is 2.36. The van der Waals surface area contributed by atoms with Gasteiger partial charge in [0.05, 0.1) is 12.8 Å². The van der Waals surface area contributed by atoms with Crippen LogP contribution >= 0.6 is 22.9 Å². The van der Waals surface area contributed by atoms with Crippen LogP contribution in [0.1, 0.15) is 9.67 Å². The summed E-state index contributed by atoms with van der Waals surface area (Å²) in [6.45, 7) is 0. The molecule has 0 bridgehead atoms. The average molecular weight is 269 g/mol. The average Bonchev–Trinajstić information content (AvgIpc) is 2.70. The summed E-state index contributed by atoms with van der Waals surface area (Å²) in [5, 5.41) is 0.894. The van der Waals surface area contributed by atoms with E-state index in [1.54, 1.807) is 18.2 Å². The first kappa shape index (κ1) is 11.9. The number of thiazole rings is 1. The Balaban J connectivity index is 2.55. The maximum Gasteiger partial charge on any atom is 0.350 e. The summed E-state index contributed by atoms with van der Waals surface area (Å²) in [7, 11) is 1.32. The van der Waals surface area contributed by atoms with E-state index >= 15 is 0 Å². The number of nitrogens with zero attached hydrogens (tertiary/aromatic N) is 1. The molecule has 0 radical (unpaired) electrons. The number of anilines is 1. The molecule has 1 heterocycles. The van der Waals surface area contributed by atoms with Crippen LogP contribution in [0.2, 0.25) is 5.02 Å². The number of carbonyl (C=O) groups is 1. The summed E-state index contributed by atoms with van der Waals surface area (Å²) in [6.07, 6.45) is 0. The van der Waals surface area contributed by atoms with Crippen LogP contribution in [0.15, 0.2) is 24.3 Å². The quantitative estimate of drug-likeness (QED) is 0.851. The highest BCUT2D eigenvalue weighted by Gasteiger charge is 2.19. The molecule has 17 heavy (non-hydrogen) atoms. The molecule has 0 spiro atoms. The number of nitrogens with two attached hydrogens (primary N) is 1. The van der Waals surface area contributed by atoms with Gasteiger partial charge >= 0.3 is 5.97 Å². The van der Waals surface area contributed by atoms with Crippen LogP contribution in [0, 0.1) is 0 Å². The number of benzene rings is 1. The minimum atomic E-state index is -0.450. The van der Waals surface area contributed by atoms with Gasteiger partial charge in [-0.15, -0.1) is 0 Å². The van der Waals surface area contributed by atoms with Crippen LogP contribution in [0.4, 0.5) is 5.13 Å². The van der Waals surface area contributed by atoms with Crippen LogP contribution in [-0.2, 0) is 4.74 Å². The van der Waals surface area contributed by atoms with Crippen LogP contribution in [-0.4, -0.2) is 18.1 Å². The molecule has 2 N–H and O–H groups in total. The molecule has 88 valence electrons. The molecule has 0 aliphatic rings. The van der Waals surface area contributed by atoms with Crippen LogP contribution in [0.25, 0.3) is 11.3 Å². The highest BCUT2D eigenvalue weighted by molar-refractivity contribution is 7.17. The first-order valence-corrected chi connectivity index (χ1v) is 5.92. The molecule has 0 unspecified atom stereocenters. The first-order valence-electron chi connectivity index (χ1n) is 4.72. The Bertz CT molecular complexity index is 568. The molecule has 0 aliphatic heterocycles. The Kier molecular flexibility index (Phi) is 3.31. The highest BCUT2D eigenvalue weighted by atomic mass is 35.5. The molecule has 0 saturated carbocycles. The maximum atomic E-state index is 11.6. The van der Waals surface area contributed by atoms with Crippen LogP contribution in [0.3, 0.4) is 0 Å². The third kappa shape index (κ3) is 2.40. The van der Waals surface area contributed by atoms with Crippen molar-refractivity contribution in [3.8, 4) is 11.3 Å². The third-order valence-electron chi connectivity index (χ3n) is 2.11. The minimum absolute atomic E-state index is 0.320. The van der Waals surface area contributed by atoms with Crippen molar-refractivity contribution >= 4 is 34.0 Å². The van der Waals surface area contributed by atoms with E-state index < -0.39 is 5.97 Å². The lowest BCUT2D eigenvalue weighted by atomic mass is 10.1. The van der Waals surface area contributed by atoms with Crippen LogP contribution < -0.4 is 5.73 Å². The number of halogens is 1. The molecular formula is C11H9ClN2O2S. The van der Waals surface area contributed by atoms with Gasteiger partial charge in [-0.2, -0.15) is 0 Å². The van der Waals surface area contributed by atoms with Crippen molar-refractivity contribution in [2.45, 2.75) is 0 Å². The number of carbonyl (C=O) groups excluding carboxylic acids is 1. The van der Waals surface area contributed by atoms with E-state index in [1.807, 2.05) is 6.07 Å². The smallest absolute Gasteiger partial charge is 0.350 e. The summed E-state index contributed by atoms with van der Waals surface area (Å²) < 4.78 is 4.68. The van der Waals surface area contributed by atoms with E-state index in [4.69, 9.17) is 17.3 Å². The summed E-state index contributed by atoms with van der Waals surface area (Å²) in [5.41, 5.74) is 6.86. The van der Waals surface area contributed by atoms with E-state index in [9.17, 15) is 4.79 Å². The molecule has 2 rings (SSSR count). The highest BCUT2D eigenvalue weighted by Crippen LogP contribution is 2.31. The number of hydrogen-bond donors (Lipinski definition) is 1. The second-order valence-corrected chi connectivity index (χ2v) is 4.70. The Morgan fingerprint density at radius 2 is 2.29 bits per heavy atom. The topological polar surface area (TPSA) is 65.2 Å². The Labute approximate surface area is 107 Å². The molecule has 0 saturated heterocycles. The summed E-state index contributed by atoms with van der Waals surface area (Å²) in [4.78, 5) is 16.1. The van der Waals surface area contributed by atoms with Gasteiger partial charge in [0.15, 0.2) is 5.13 Å². The molecule has 6 heteroatoms. The number of methoxy groups -OCH3 is 1. The van der Waals surface area contributed by atoms with E-state index in [0.29, 0.717) is 20.7 Å². The van der Waals surface area contributed by atoms with Gasteiger partial charge < -0.3 is 10.5 Å². The number of ether oxygens (including phenoxy) is 1. The lowest BCUT2D eigenvalue weighted by Crippen LogP contribution is -2.00. The molecule has 0 fully saturated rings. The van der Waals surface area contributed by atoms with Gasteiger partial charge in [-0.25, -0.2) is 9.78 Å². The zero-order chi connectivity index (χ0) is 12.4. The zero-order valence-corrected chi connectivity index (χ0v) is 10.5. The number of esters is 1. The van der Waals surface area contributed by atoms with Gasteiger partial charge in [-0.05, 0) is 12.1 Å². The predicted molar refractivity (Wildman–Crippen MR) is 68.3 cm³/mol. The van der Waals surface area contributed by atoms with Crippen molar-refractivity contribution in [2.24, 2.45) is 0 Å². The Morgan fingerprint density at radius 1 is 1.53 bits per heavy atom. The van der Waals surface area contributed by atoms with Gasteiger partial charge in [-0.1, -0.05) is 35.1 Å². The number of aromatic nitrogens is 1. The van der Waals surface area contributed by atoms with Gasteiger partial charge in [-0.3, -0.25) is 0 Å². The van der Waals surface area contributed by atoms with Crippen molar-refractivity contribution in [3.63, 3.8) is 0 Å². The van der Waals surface area contributed by atoms with Gasteiger partial charge in [0.25, 0.3) is 0 Å². The summed E-state index contributed by atoms with van der Waals surface area (Å²) in [6, 6.07) is 7.07. The van der Waals surface area contributed by atoms with E-state index in [-0.39, 0.29) is 0 Å². The Morgan fingerprint density at radius 3 is 2.94 bits per heavy atom. The second kappa shape index (κ2) is 4.73. The van der Waals surface area contributed by atoms with Crippen molar-refractivity contribution in [2.75, 3.05) is 12.8 Å². The van der Waals surface area contributed by atoms with Crippen LogP contribution in [0.5, 0.6) is 0 Å². The largest absolute Gasteiger partial charge is 0.465 e. The fraction of sp³-hybridized carbons (Fsp3) is 0.0909. The second-order valence-electron chi connectivity index (χ2n) is 3.23. The van der Waals surface area contributed by atoms with E-state index in [1.165, 1.54) is 7.11 Å². The number of nitrogen functional groups attached to an aromatic ring is 1. The molecule has 0 amide bonds. The number of rotatable bonds is 2. The van der Waals surface area contributed by atoms with Crippen molar-refractivity contribution in [1.29, 1.82) is 0 Å². The summed E-state index contributed by atoms with van der Waals surface area (Å²) >= 11 is 6.99. The maximum absolute atomic E-state index is 11.6. The lowest BCUT2D eigenvalue weighted by molar-refractivity contribution is 0.0607. The van der Waals surface area contributed by atoms with Gasteiger partial charge in [0, 0.05) is 10.6 Å². The normalized spacial score (nSPS) is 10.2. The molecule has 4 nitrogen and oxygen atoms in total. The molecule has 1 aromatic heterocycles.